The number of hydrogen-bond acceptors (Lipinski definition) is 6. The van der Waals surface area contributed by atoms with Gasteiger partial charge in [-0.05, 0) is 31.0 Å². The van der Waals surface area contributed by atoms with E-state index in [1.807, 2.05) is 6.07 Å². The summed E-state index contributed by atoms with van der Waals surface area (Å²) in [4.78, 5) is 4.15. The fourth-order valence-electron chi connectivity index (χ4n) is 3.46. The van der Waals surface area contributed by atoms with Crippen molar-refractivity contribution < 1.29 is 14.6 Å². The molecular formula is C19H19FN4O2. The van der Waals surface area contributed by atoms with Gasteiger partial charge in [0.25, 0.3) is 0 Å². The quantitative estimate of drug-likeness (QED) is 0.669. The lowest BCUT2D eigenvalue weighted by Gasteiger charge is -2.29. The maximum atomic E-state index is 13.3. The molecule has 0 amide bonds. The highest BCUT2D eigenvalue weighted by Crippen LogP contribution is 2.35. The molecule has 2 heterocycles. The van der Waals surface area contributed by atoms with Gasteiger partial charge in [0.1, 0.15) is 17.3 Å². The molecule has 6 nitrogen and oxygen atoms in total. The molecule has 2 unspecified atom stereocenters. The lowest BCUT2D eigenvalue weighted by atomic mass is 9.92. The number of hydrogen-bond donors (Lipinski definition) is 3. The van der Waals surface area contributed by atoms with E-state index in [1.54, 1.807) is 12.4 Å². The third kappa shape index (κ3) is 3.06. The number of fused-ring (bicyclic) bond motifs is 1. The number of nitrogens with zero attached hydrogens (tertiary/aromatic N) is 3. The van der Waals surface area contributed by atoms with Crippen molar-refractivity contribution in [3.05, 3.63) is 42.5 Å². The smallest absolute Gasteiger partial charge is 0.157 e. The van der Waals surface area contributed by atoms with Gasteiger partial charge in [0.2, 0.25) is 0 Å². The van der Waals surface area contributed by atoms with Crippen molar-refractivity contribution in [3.63, 3.8) is 0 Å². The Kier molecular flexibility index (Phi) is 4.38. The van der Waals surface area contributed by atoms with Crippen LogP contribution in [0.3, 0.4) is 0 Å². The van der Waals surface area contributed by atoms with E-state index in [0.717, 1.165) is 37.1 Å². The maximum Gasteiger partial charge on any atom is 0.157 e. The molecule has 3 N–H and O–H groups in total. The molecule has 0 bridgehead atoms. The minimum absolute atomic E-state index is 0.0699. The van der Waals surface area contributed by atoms with Crippen LogP contribution in [0.5, 0.6) is 5.75 Å². The SMILES string of the molecule is Oc1cc(F)ccc1-c1nnc(NC2CCCCC2O)c2ccncc12. The lowest BCUT2D eigenvalue weighted by Crippen LogP contribution is -2.36. The van der Waals surface area contributed by atoms with Crippen molar-refractivity contribution in [1.29, 1.82) is 0 Å². The van der Waals surface area contributed by atoms with Gasteiger partial charge in [-0.25, -0.2) is 4.39 Å². The largest absolute Gasteiger partial charge is 0.507 e. The normalized spacial score (nSPS) is 20.2. The summed E-state index contributed by atoms with van der Waals surface area (Å²) in [5, 5.41) is 33.6. The van der Waals surface area contributed by atoms with Crippen molar-refractivity contribution in [2.24, 2.45) is 0 Å². The monoisotopic (exact) mass is 354 g/mol. The second kappa shape index (κ2) is 6.84. The first kappa shape index (κ1) is 16.7. The fraction of sp³-hybridized carbons (Fsp3) is 0.316. The summed E-state index contributed by atoms with van der Waals surface area (Å²) in [6, 6.07) is 5.53. The zero-order chi connectivity index (χ0) is 18.1. The molecule has 1 saturated carbocycles. The molecule has 1 aromatic carbocycles. The number of aliphatic hydroxyl groups is 1. The van der Waals surface area contributed by atoms with E-state index < -0.39 is 11.9 Å². The number of anilines is 1. The molecule has 0 spiro atoms. The molecule has 0 saturated heterocycles. The number of phenols is 1. The van der Waals surface area contributed by atoms with Gasteiger partial charge in [-0.3, -0.25) is 4.98 Å². The van der Waals surface area contributed by atoms with Crippen molar-refractivity contribution in [2.45, 2.75) is 37.8 Å². The Morgan fingerprint density at radius 2 is 1.92 bits per heavy atom. The zero-order valence-corrected chi connectivity index (χ0v) is 14.1. The number of aromatic hydroxyl groups is 1. The van der Waals surface area contributed by atoms with Gasteiger partial charge >= 0.3 is 0 Å². The number of phenolic OH excluding ortho intramolecular Hbond substituents is 1. The van der Waals surface area contributed by atoms with Gasteiger partial charge in [0.05, 0.1) is 12.1 Å². The molecule has 0 aliphatic heterocycles. The average molecular weight is 354 g/mol. The Morgan fingerprint density at radius 3 is 2.73 bits per heavy atom. The number of nitrogens with one attached hydrogen (secondary N) is 1. The number of aliphatic hydroxyl groups excluding tert-OH is 1. The van der Waals surface area contributed by atoms with E-state index in [9.17, 15) is 14.6 Å². The van der Waals surface area contributed by atoms with Gasteiger partial charge in [-0.2, -0.15) is 0 Å². The van der Waals surface area contributed by atoms with Gasteiger partial charge in [0.15, 0.2) is 5.82 Å². The number of halogens is 1. The molecule has 7 heteroatoms. The summed E-state index contributed by atoms with van der Waals surface area (Å²) in [6.07, 6.45) is 6.61. The molecule has 1 aliphatic carbocycles. The summed E-state index contributed by atoms with van der Waals surface area (Å²) < 4.78 is 13.3. The first-order chi connectivity index (χ1) is 12.6. The standard InChI is InChI=1S/C19H19FN4O2/c20-11-5-6-13(17(26)9-11)18-14-10-21-8-7-12(14)19(24-23-18)22-15-3-1-2-4-16(15)25/h5-10,15-16,25-26H,1-4H2,(H,22,24). The summed E-state index contributed by atoms with van der Waals surface area (Å²) in [7, 11) is 0. The van der Waals surface area contributed by atoms with E-state index in [1.165, 1.54) is 12.1 Å². The van der Waals surface area contributed by atoms with Gasteiger partial charge in [0, 0.05) is 34.8 Å². The van der Waals surface area contributed by atoms with Crippen molar-refractivity contribution in [1.82, 2.24) is 15.2 Å². The van der Waals surface area contributed by atoms with Crippen molar-refractivity contribution in [2.75, 3.05) is 5.32 Å². The molecule has 1 fully saturated rings. The minimum Gasteiger partial charge on any atom is -0.507 e. The fourth-order valence-corrected chi connectivity index (χ4v) is 3.46. The Balaban J connectivity index is 1.78. The molecule has 26 heavy (non-hydrogen) atoms. The van der Waals surface area contributed by atoms with E-state index >= 15 is 0 Å². The van der Waals surface area contributed by atoms with Crippen LogP contribution in [0.1, 0.15) is 25.7 Å². The second-order valence-electron chi connectivity index (χ2n) is 6.58. The Hall–Kier alpha value is -2.80. The first-order valence-corrected chi connectivity index (χ1v) is 8.67. The van der Waals surface area contributed by atoms with Gasteiger partial charge < -0.3 is 15.5 Å². The average Bonchev–Trinajstić information content (AvgIpc) is 2.64. The first-order valence-electron chi connectivity index (χ1n) is 8.67. The molecule has 2 aromatic heterocycles. The van der Waals surface area contributed by atoms with E-state index in [-0.39, 0.29) is 11.8 Å². The lowest BCUT2D eigenvalue weighted by molar-refractivity contribution is 0.116. The zero-order valence-electron chi connectivity index (χ0n) is 14.1. The van der Waals surface area contributed by atoms with Crippen LogP contribution in [-0.2, 0) is 0 Å². The summed E-state index contributed by atoms with van der Waals surface area (Å²) in [5.41, 5.74) is 0.821. The minimum atomic E-state index is -0.522. The van der Waals surface area contributed by atoms with Gasteiger partial charge in [-0.1, -0.05) is 12.8 Å². The van der Waals surface area contributed by atoms with Crippen LogP contribution in [0, 0.1) is 5.82 Å². The van der Waals surface area contributed by atoms with Crippen LogP contribution in [0.25, 0.3) is 22.0 Å². The molecule has 2 atom stereocenters. The number of aromatic nitrogens is 3. The number of benzene rings is 1. The summed E-state index contributed by atoms with van der Waals surface area (Å²) in [6.45, 7) is 0. The summed E-state index contributed by atoms with van der Waals surface area (Å²) >= 11 is 0. The van der Waals surface area contributed by atoms with Crippen LogP contribution in [-0.4, -0.2) is 37.5 Å². The predicted molar refractivity (Wildman–Crippen MR) is 96.3 cm³/mol. The summed E-state index contributed by atoms with van der Waals surface area (Å²) in [5.74, 6) is -0.155. The molecule has 1 aliphatic rings. The van der Waals surface area contributed by atoms with E-state index in [2.05, 4.69) is 20.5 Å². The van der Waals surface area contributed by atoms with Crippen molar-refractivity contribution >= 4 is 16.6 Å². The second-order valence-corrected chi connectivity index (χ2v) is 6.58. The van der Waals surface area contributed by atoms with E-state index in [0.29, 0.717) is 22.5 Å². The van der Waals surface area contributed by atoms with E-state index in [4.69, 9.17) is 0 Å². The van der Waals surface area contributed by atoms with Gasteiger partial charge in [-0.15, -0.1) is 10.2 Å². The molecule has 134 valence electrons. The van der Waals surface area contributed by atoms with Crippen LogP contribution in [0.2, 0.25) is 0 Å². The third-order valence-electron chi connectivity index (χ3n) is 4.85. The van der Waals surface area contributed by atoms with Crippen LogP contribution in [0.15, 0.2) is 36.7 Å². The Morgan fingerprint density at radius 1 is 1.08 bits per heavy atom. The topological polar surface area (TPSA) is 91.2 Å². The van der Waals surface area contributed by atoms with Crippen LogP contribution < -0.4 is 5.32 Å². The highest BCUT2D eigenvalue weighted by atomic mass is 19.1. The molecule has 3 aromatic rings. The molecular weight excluding hydrogens is 335 g/mol. The molecule has 4 rings (SSSR count). The number of pyridine rings is 1. The predicted octanol–water partition coefficient (Wildman–Crippen LogP) is 3.25. The van der Waals surface area contributed by atoms with Crippen molar-refractivity contribution in [3.8, 4) is 17.0 Å². The Labute approximate surface area is 149 Å². The maximum absolute atomic E-state index is 13.3. The third-order valence-corrected chi connectivity index (χ3v) is 4.85. The number of rotatable bonds is 3. The highest BCUT2D eigenvalue weighted by molar-refractivity contribution is 6.00. The van der Waals surface area contributed by atoms with Crippen LogP contribution in [0.4, 0.5) is 10.2 Å². The van der Waals surface area contributed by atoms with Crippen LogP contribution >= 0.6 is 0 Å². The highest BCUT2D eigenvalue weighted by Gasteiger charge is 2.24. The molecule has 0 radical (unpaired) electrons. The Bertz CT molecular complexity index is 950.